The van der Waals surface area contributed by atoms with Crippen molar-refractivity contribution in [2.24, 2.45) is 0 Å². The van der Waals surface area contributed by atoms with Crippen molar-refractivity contribution < 1.29 is 24.9 Å². The van der Waals surface area contributed by atoms with Crippen molar-refractivity contribution >= 4 is 5.91 Å². The topological polar surface area (TPSA) is 99.0 Å². The second kappa shape index (κ2) is 4.52. The van der Waals surface area contributed by atoms with Crippen LogP contribution in [0.2, 0.25) is 0 Å². The number of aliphatic hydroxyl groups is 3. The smallest absolute Gasteiger partial charge is 0.221 e. The van der Waals surface area contributed by atoms with Crippen molar-refractivity contribution in [3.63, 3.8) is 0 Å². The lowest BCUT2D eigenvalue weighted by molar-refractivity contribution is -0.127. The molecular weight excluding hydrogens is 190 g/mol. The lowest BCUT2D eigenvalue weighted by Crippen LogP contribution is -2.30. The van der Waals surface area contributed by atoms with Crippen LogP contribution in [0.1, 0.15) is 6.92 Å². The first-order chi connectivity index (χ1) is 6.54. The van der Waals surface area contributed by atoms with Crippen molar-refractivity contribution in [2.45, 2.75) is 25.4 Å². The number of nitrogens with one attached hydrogen (secondary N) is 1. The maximum absolute atomic E-state index is 10.7. The summed E-state index contributed by atoms with van der Waals surface area (Å²) in [5, 5.41) is 29.4. The van der Waals surface area contributed by atoms with Crippen molar-refractivity contribution in [2.75, 3.05) is 6.61 Å². The molecule has 0 bridgehead atoms. The average molecular weight is 203 g/mol. The SMILES string of the molecule is CC(=O)NC1=C[C@@H]([C@H](O)CO)OC1O. The Kier molecular flexibility index (Phi) is 3.59. The fourth-order valence-electron chi connectivity index (χ4n) is 1.13. The van der Waals surface area contributed by atoms with Gasteiger partial charge < -0.3 is 25.4 Å². The van der Waals surface area contributed by atoms with Gasteiger partial charge in [-0.1, -0.05) is 0 Å². The summed E-state index contributed by atoms with van der Waals surface area (Å²) in [6.45, 7) is 0.824. The minimum Gasteiger partial charge on any atom is -0.394 e. The quantitative estimate of drug-likeness (QED) is 0.428. The standard InChI is InChI=1S/C8H13NO5/c1-4(11)9-5-2-7(6(12)3-10)14-8(5)13/h2,6-8,10,12-13H,3H2,1H3,(H,9,11)/t6-,7+,8?/m1/s1. The third kappa shape index (κ3) is 2.52. The normalized spacial score (nSPS) is 28.4. The Morgan fingerprint density at radius 3 is 2.93 bits per heavy atom. The largest absolute Gasteiger partial charge is 0.394 e. The van der Waals surface area contributed by atoms with Crippen molar-refractivity contribution in [3.8, 4) is 0 Å². The van der Waals surface area contributed by atoms with Gasteiger partial charge in [0.15, 0.2) is 6.29 Å². The molecule has 1 aliphatic heterocycles. The maximum Gasteiger partial charge on any atom is 0.221 e. The maximum atomic E-state index is 10.7. The molecule has 1 unspecified atom stereocenters. The molecule has 6 nitrogen and oxygen atoms in total. The zero-order valence-corrected chi connectivity index (χ0v) is 7.67. The Hall–Kier alpha value is -0.950. The van der Waals surface area contributed by atoms with E-state index in [1.165, 1.54) is 13.0 Å². The Morgan fingerprint density at radius 2 is 2.43 bits per heavy atom. The molecular formula is C8H13NO5. The number of aliphatic hydroxyl groups excluding tert-OH is 3. The lowest BCUT2D eigenvalue weighted by Gasteiger charge is -2.14. The van der Waals surface area contributed by atoms with Gasteiger partial charge in [0, 0.05) is 6.92 Å². The summed E-state index contributed by atoms with van der Waals surface area (Å²) in [5.74, 6) is -0.335. The molecule has 0 aromatic rings. The number of rotatable bonds is 3. The first-order valence-corrected chi connectivity index (χ1v) is 4.16. The molecule has 3 atom stereocenters. The van der Waals surface area contributed by atoms with Gasteiger partial charge in [-0.05, 0) is 6.08 Å². The predicted molar refractivity (Wildman–Crippen MR) is 45.9 cm³/mol. The van der Waals surface area contributed by atoms with Gasteiger partial charge in [0.05, 0.1) is 12.3 Å². The molecule has 0 saturated carbocycles. The van der Waals surface area contributed by atoms with Crippen molar-refractivity contribution in [1.29, 1.82) is 0 Å². The molecule has 0 spiro atoms. The molecule has 0 aromatic heterocycles. The van der Waals surface area contributed by atoms with E-state index in [1.807, 2.05) is 0 Å². The van der Waals surface area contributed by atoms with Gasteiger partial charge in [-0.3, -0.25) is 4.79 Å². The van der Waals surface area contributed by atoms with Crippen LogP contribution in [0.4, 0.5) is 0 Å². The van der Waals surface area contributed by atoms with Gasteiger partial charge in [0.1, 0.15) is 12.2 Å². The van der Waals surface area contributed by atoms with Gasteiger partial charge in [-0.2, -0.15) is 0 Å². The van der Waals surface area contributed by atoms with E-state index in [0.717, 1.165) is 0 Å². The molecule has 1 rings (SSSR count). The first kappa shape index (κ1) is 11.1. The van der Waals surface area contributed by atoms with E-state index in [9.17, 15) is 15.0 Å². The van der Waals surface area contributed by atoms with E-state index in [-0.39, 0.29) is 11.6 Å². The summed E-state index contributed by atoms with van der Waals surface area (Å²) in [6.07, 6.45) is -1.79. The zero-order valence-electron chi connectivity index (χ0n) is 7.67. The molecule has 6 heteroatoms. The highest BCUT2D eigenvalue weighted by atomic mass is 16.6. The van der Waals surface area contributed by atoms with Crippen LogP contribution in [0.5, 0.6) is 0 Å². The van der Waals surface area contributed by atoms with Gasteiger partial charge in [-0.25, -0.2) is 0 Å². The third-order valence-corrected chi connectivity index (χ3v) is 1.78. The third-order valence-electron chi connectivity index (χ3n) is 1.78. The molecule has 1 amide bonds. The summed E-state index contributed by atoms with van der Waals surface area (Å²) in [5.41, 5.74) is 0.190. The van der Waals surface area contributed by atoms with Crippen LogP contribution in [0.3, 0.4) is 0 Å². The monoisotopic (exact) mass is 203 g/mol. The predicted octanol–water partition coefficient (Wildman–Crippen LogP) is -1.92. The number of ether oxygens (including phenoxy) is 1. The fourth-order valence-corrected chi connectivity index (χ4v) is 1.13. The summed E-state index contributed by atoms with van der Waals surface area (Å²) >= 11 is 0. The highest BCUT2D eigenvalue weighted by molar-refractivity contribution is 5.75. The molecule has 80 valence electrons. The van der Waals surface area contributed by atoms with Crippen LogP contribution in [0.25, 0.3) is 0 Å². The second-order valence-electron chi connectivity index (χ2n) is 3.01. The second-order valence-corrected chi connectivity index (χ2v) is 3.01. The summed E-state index contributed by atoms with van der Waals surface area (Å²) in [4.78, 5) is 10.7. The van der Waals surface area contributed by atoms with Gasteiger partial charge >= 0.3 is 0 Å². The molecule has 0 saturated heterocycles. The molecule has 14 heavy (non-hydrogen) atoms. The van der Waals surface area contributed by atoms with Crippen LogP contribution in [0, 0.1) is 0 Å². The lowest BCUT2D eigenvalue weighted by atomic mass is 10.2. The van der Waals surface area contributed by atoms with Crippen LogP contribution >= 0.6 is 0 Å². The number of hydrogen-bond acceptors (Lipinski definition) is 5. The molecule has 0 radical (unpaired) electrons. The van der Waals surface area contributed by atoms with E-state index in [2.05, 4.69) is 5.32 Å². The first-order valence-electron chi connectivity index (χ1n) is 4.16. The number of carbonyl (C=O) groups excluding carboxylic acids is 1. The van der Waals surface area contributed by atoms with E-state index >= 15 is 0 Å². The minimum absolute atomic E-state index is 0.190. The summed E-state index contributed by atoms with van der Waals surface area (Å²) in [6, 6.07) is 0. The Morgan fingerprint density at radius 1 is 1.79 bits per heavy atom. The number of carbonyl (C=O) groups is 1. The number of hydrogen-bond donors (Lipinski definition) is 4. The molecule has 0 aliphatic carbocycles. The minimum atomic E-state index is -1.26. The van der Waals surface area contributed by atoms with Crippen LogP contribution in [-0.4, -0.2) is 46.3 Å². The Balaban J connectivity index is 2.62. The fraction of sp³-hybridized carbons (Fsp3) is 0.625. The van der Waals surface area contributed by atoms with Gasteiger partial charge in [-0.15, -0.1) is 0 Å². The molecule has 0 fully saturated rings. The summed E-state index contributed by atoms with van der Waals surface area (Å²) in [7, 11) is 0. The number of amides is 1. The summed E-state index contributed by atoms with van der Waals surface area (Å²) < 4.78 is 4.87. The highest BCUT2D eigenvalue weighted by Gasteiger charge is 2.30. The molecule has 0 aromatic carbocycles. The molecule has 4 N–H and O–H groups in total. The molecule has 1 heterocycles. The van der Waals surface area contributed by atoms with Gasteiger partial charge in [0.25, 0.3) is 0 Å². The van der Waals surface area contributed by atoms with Crippen molar-refractivity contribution in [1.82, 2.24) is 5.32 Å². The molecule has 1 aliphatic rings. The average Bonchev–Trinajstić information content (AvgIpc) is 2.46. The Bertz CT molecular complexity index is 252. The van der Waals surface area contributed by atoms with Crippen LogP contribution in [-0.2, 0) is 9.53 Å². The Labute approximate surface area is 80.8 Å². The van der Waals surface area contributed by atoms with E-state index in [1.54, 1.807) is 0 Å². The highest BCUT2D eigenvalue weighted by Crippen LogP contribution is 2.18. The van der Waals surface area contributed by atoms with E-state index in [4.69, 9.17) is 9.84 Å². The van der Waals surface area contributed by atoms with Crippen LogP contribution in [0.15, 0.2) is 11.8 Å². The van der Waals surface area contributed by atoms with E-state index < -0.39 is 25.1 Å². The van der Waals surface area contributed by atoms with Crippen LogP contribution < -0.4 is 5.32 Å². The van der Waals surface area contributed by atoms with Gasteiger partial charge in [0.2, 0.25) is 5.91 Å². The van der Waals surface area contributed by atoms with E-state index in [0.29, 0.717) is 0 Å². The van der Waals surface area contributed by atoms with Crippen molar-refractivity contribution in [3.05, 3.63) is 11.8 Å². The zero-order chi connectivity index (χ0) is 10.7.